The maximum Gasteiger partial charge on any atom is 0.182 e. The number of rotatable bonds is 4. The first-order valence-electron chi connectivity index (χ1n) is 6.61. The summed E-state index contributed by atoms with van der Waals surface area (Å²) in [7, 11) is -3.58. The summed E-state index contributed by atoms with van der Waals surface area (Å²) in [6.45, 7) is 3.79. The topological polar surface area (TPSA) is 60.2 Å². The summed E-state index contributed by atoms with van der Waals surface area (Å²) in [4.78, 5) is 0.254. The van der Waals surface area contributed by atoms with Crippen molar-refractivity contribution in [1.29, 1.82) is 0 Å². The Bertz CT molecular complexity index is 770. The summed E-state index contributed by atoms with van der Waals surface area (Å²) in [6.07, 6.45) is 0. The SMILES string of the molecule is Cc1ccc(C)c(S(=O)(=O)Cc2ccc(CN)cc2F)c1. The van der Waals surface area contributed by atoms with Crippen LogP contribution in [0.25, 0.3) is 0 Å². The zero-order valence-corrected chi connectivity index (χ0v) is 12.9. The van der Waals surface area contributed by atoms with Crippen LogP contribution in [0.4, 0.5) is 4.39 Å². The van der Waals surface area contributed by atoms with E-state index in [9.17, 15) is 12.8 Å². The quantitative estimate of drug-likeness (QED) is 0.945. The maximum atomic E-state index is 13.9. The average Bonchev–Trinajstić information content (AvgIpc) is 2.43. The van der Waals surface area contributed by atoms with E-state index < -0.39 is 15.7 Å². The Morgan fingerprint density at radius 2 is 1.81 bits per heavy atom. The second kappa shape index (κ2) is 5.95. The van der Waals surface area contributed by atoms with Crippen LogP contribution in [0.2, 0.25) is 0 Å². The molecule has 21 heavy (non-hydrogen) atoms. The van der Waals surface area contributed by atoms with Crippen molar-refractivity contribution in [2.24, 2.45) is 5.73 Å². The molecule has 0 spiro atoms. The summed E-state index contributed by atoms with van der Waals surface area (Å²) >= 11 is 0. The number of hydrogen-bond donors (Lipinski definition) is 1. The third-order valence-corrected chi connectivity index (χ3v) is 5.18. The fourth-order valence-electron chi connectivity index (χ4n) is 2.16. The number of benzene rings is 2. The lowest BCUT2D eigenvalue weighted by atomic mass is 10.1. The minimum Gasteiger partial charge on any atom is -0.326 e. The summed E-state index contributed by atoms with van der Waals surface area (Å²) in [5.41, 5.74) is 7.76. The average molecular weight is 307 g/mol. The second-order valence-corrected chi connectivity index (χ2v) is 7.12. The highest BCUT2D eigenvalue weighted by atomic mass is 32.2. The largest absolute Gasteiger partial charge is 0.326 e. The molecule has 2 rings (SSSR count). The standard InChI is InChI=1S/C16H18FNO2S/c1-11-3-4-12(2)16(7-11)21(19,20)10-14-6-5-13(9-18)8-15(14)17/h3-8H,9-10,18H2,1-2H3. The molecule has 0 aliphatic carbocycles. The van der Waals surface area contributed by atoms with Crippen molar-refractivity contribution < 1.29 is 12.8 Å². The molecule has 5 heteroatoms. The Hall–Kier alpha value is -1.72. The van der Waals surface area contributed by atoms with Crippen LogP contribution in [0.5, 0.6) is 0 Å². The fraction of sp³-hybridized carbons (Fsp3) is 0.250. The summed E-state index contributed by atoms with van der Waals surface area (Å²) in [5.74, 6) is -0.889. The monoisotopic (exact) mass is 307 g/mol. The van der Waals surface area contributed by atoms with Gasteiger partial charge in [0.15, 0.2) is 9.84 Å². The van der Waals surface area contributed by atoms with Crippen LogP contribution in [0.15, 0.2) is 41.3 Å². The molecule has 112 valence electrons. The minimum absolute atomic E-state index is 0.160. The van der Waals surface area contributed by atoms with Gasteiger partial charge in [0.25, 0.3) is 0 Å². The van der Waals surface area contributed by atoms with E-state index >= 15 is 0 Å². The van der Waals surface area contributed by atoms with Crippen LogP contribution < -0.4 is 5.73 Å². The Morgan fingerprint density at radius 1 is 1.10 bits per heavy atom. The van der Waals surface area contributed by atoms with E-state index in [0.29, 0.717) is 11.1 Å². The third kappa shape index (κ3) is 3.49. The zero-order valence-electron chi connectivity index (χ0n) is 12.1. The van der Waals surface area contributed by atoms with Crippen LogP contribution >= 0.6 is 0 Å². The van der Waals surface area contributed by atoms with Crippen molar-refractivity contribution in [1.82, 2.24) is 0 Å². The van der Waals surface area contributed by atoms with Gasteiger partial charge < -0.3 is 5.73 Å². The van der Waals surface area contributed by atoms with Crippen molar-refractivity contribution in [3.05, 3.63) is 64.5 Å². The van der Waals surface area contributed by atoms with Gasteiger partial charge in [0.2, 0.25) is 0 Å². The molecule has 0 bridgehead atoms. The highest BCUT2D eigenvalue weighted by Gasteiger charge is 2.20. The lowest BCUT2D eigenvalue weighted by Crippen LogP contribution is -2.09. The summed E-state index contributed by atoms with van der Waals surface area (Å²) < 4.78 is 38.9. The lowest BCUT2D eigenvalue weighted by Gasteiger charge is -2.10. The molecule has 0 saturated carbocycles. The first-order chi connectivity index (χ1) is 9.83. The van der Waals surface area contributed by atoms with Crippen molar-refractivity contribution in [2.75, 3.05) is 0 Å². The fourth-order valence-corrected chi connectivity index (χ4v) is 3.88. The van der Waals surface area contributed by atoms with Gasteiger partial charge in [0, 0.05) is 12.1 Å². The van der Waals surface area contributed by atoms with Crippen LogP contribution in [0.3, 0.4) is 0 Å². The molecule has 0 aromatic heterocycles. The minimum atomic E-state index is -3.58. The van der Waals surface area contributed by atoms with Gasteiger partial charge in [-0.25, -0.2) is 12.8 Å². The van der Waals surface area contributed by atoms with Crippen molar-refractivity contribution >= 4 is 9.84 Å². The van der Waals surface area contributed by atoms with Gasteiger partial charge in [-0.3, -0.25) is 0 Å². The molecule has 0 aliphatic rings. The number of hydrogen-bond acceptors (Lipinski definition) is 3. The highest BCUT2D eigenvalue weighted by molar-refractivity contribution is 7.90. The molecule has 0 heterocycles. The van der Waals surface area contributed by atoms with Crippen LogP contribution in [0, 0.1) is 19.7 Å². The van der Waals surface area contributed by atoms with Gasteiger partial charge in [-0.05, 0) is 42.7 Å². The molecule has 0 aliphatic heterocycles. The molecule has 2 aromatic rings. The van der Waals surface area contributed by atoms with E-state index in [1.807, 2.05) is 13.0 Å². The van der Waals surface area contributed by atoms with Gasteiger partial charge in [0.1, 0.15) is 5.82 Å². The normalized spacial score (nSPS) is 11.6. The van der Waals surface area contributed by atoms with Crippen molar-refractivity contribution in [2.45, 2.75) is 31.0 Å². The van der Waals surface area contributed by atoms with Crippen LogP contribution in [-0.4, -0.2) is 8.42 Å². The Morgan fingerprint density at radius 3 is 2.43 bits per heavy atom. The van der Waals surface area contributed by atoms with Gasteiger partial charge in [-0.2, -0.15) is 0 Å². The first-order valence-corrected chi connectivity index (χ1v) is 8.26. The van der Waals surface area contributed by atoms with Gasteiger partial charge in [0.05, 0.1) is 10.6 Å². The number of sulfone groups is 1. The molecular formula is C16H18FNO2S. The van der Waals surface area contributed by atoms with Gasteiger partial charge in [-0.15, -0.1) is 0 Å². The number of halogens is 1. The summed E-state index contributed by atoms with van der Waals surface area (Å²) in [6, 6.07) is 9.66. The van der Waals surface area contributed by atoms with Crippen LogP contribution in [-0.2, 0) is 22.1 Å². The smallest absolute Gasteiger partial charge is 0.182 e. The highest BCUT2D eigenvalue weighted by Crippen LogP contribution is 2.23. The van der Waals surface area contributed by atoms with Crippen molar-refractivity contribution in [3.63, 3.8) is 0 Å². The zero-order chi connectivity index (χ0) is 15.6. The van der Waals surface area contributed by atoms with E-state index in [1.54, 1.807) is 25.1 Å². The van der Waals surface area contributed by atoms with E-state index in [-0.39, 0.29) is 22.8 Å². The molecule has 0 fully saturated rings. The van der Waals surface area contributed by atoms with E-state index in [2.05, 4.69) is 0 Å². The van der Waals surface area contributed by atoms with Crippen LogP contribution in [0.1, 0.15) is 22.3 Å². The van der Waals surface area contributed by atoms with E-state index in [0.717, 1.165) is 5.56 Å². The molecule has 0 radical (unpaired) electrons. The molecule has 0 atom stereocenters. The molecule has 0 unspecified atom stereocenters. The Labute approximate surface area is 124 Å². The van der Waals surface area contributed by atoms with Crippen molar-refractivity contribution in [3.8, 4) is 0 Å². The maximum absolute atomic E-state index is 13.9. The summed E-state index contributed by atoms with van der Waals surface area (Å²) in [5, 5.41) is 0. The van der Waals surface area contributed by atoms with Gasteiger partial charge >= 0.3 is 0 Å². The molecular weight excluding hydrogens is 289 g/mol. The molecule has 0 saturated heterocycles. The molecule has 0 amide bonds. The lowest BCUT2D eigenvalue weighted by molar-refractivity contribution is 0.586. The van der Waals surface area contributed by atoms with E-state index in [1.165, 1.54) is 12.1 Å². The Balaban J connectivity index is 2.40. The number of nitrogens with two attached hydrogens (primary N) is 1. The van der Waals surface area contributed by atoms with Gasteiger partial charge in [-0.1, -0.05) is 24.3 Å². The predicted molar refractivity (Wildman–Crippen MR) is 81.1 cm³/mol. The third-order valence-electron chi connectivity index (χ3n) is 3.38. The Kier molecular flexibility index (Phi) is 4.44. The molecule has 2 N–H and O–H groups in total. The molecule has 3 nitrogen and oxygen atoms in total. The number of aryl methyl sites for hydroxylation is 2. The first kappa shape index (κ1) is 15.7. The molecule has 2 aromatic carbocycles. The second-order valence-electron chi connectivity index (χ2n) is 5.16. The predicted octanol–water partition coefficient (Wildman–Crippen LogP) is 2.88. The van der Waals surface area contributed by atoms with E-state index in [4.69, 9.17) is 5.73 Å².